The van der Waals surface area contributed by atoms with Gasteiger partial charge in [-0.15, -0.1) is 0 Å². The lowest BCUT2D eigenvalue weighted by Crippen LogP contribution is -2.53. The first-order valence-corrected chi connectivity index (χ1v) is 14.4. The van der Waals surface area contributed by atoms with Crippen molar-refractivity contribution in [3.63, 3.8) is 0 Å². The molecule has 7 unspecified atom stereocenters. The van der Waals surface area contributed by atoms with Crippen LogP contribution in [0, 0.1) is 40.4 Å². The van der Waals surface area contributed by atoms with E-state index in [4.69, 9.17) is 0 Å². The van der Waals surface area contributed by atoms with Crippen LogP contribution in [-0.2, 0) is 0 Å². The third-order valence-corrected chi connectivity index (χ3v) is 10.7. The highest BCUT2D eigenvalue weighted by atomic mass is 19.4. The number of aliphatic hydroxyl groups is 2. The van der Waals surface area contributed by atoms with E-state index in [2.05, 4.69) is 13.8 Å². The molecule has 4 aliphatic rings. The summed E-state index contributed by atoms with van der Waals surface area (Å²) in [5.41, 5.74) is -1.95. The summed E-state index contributed by atoms with van der Waals surface area (Å²) in [6.45, 7) is 13.8. The smallest absolute Gasteiger partial charge is 0.393 e. The number of alkyl halides is 3. The van der Waals surface area contributed by atoms with E-state index in [-0.39, 0.29) is 25.4 Å². The van der Waals surface area contributed by atoms with Gasteiger partial charge in [-0.3, -0.25) is 0 Å². The normalized spacial score (nSPS) is 41.8. The van der Waals surface area contributed by atoms with Crippen LogP contribution in [0.5, 0.6) is 0 Å². The summed E-state index contributed by atoms with van der Waals surface area (Å²) in [5, 5.41) is 20.0. The van der Waals surface area contributed by atoms with Crippen molar-refractivity contribution in [2.24, 2.45) is 40.4 Å². The van der Waals surface area contributed by atoms with Gasteiger partial charge in [-0.1, -0.05) is 49.0 Å². The molecule has 0 radical (unpaired) electrons. The predicted molar refractivity (Wildman–Crippen MR) is 141 cm³/mol. The fraction of sp³-hybridized carbons (Fsp3) is 1.00. The molecule has 0 aromatic carbocycles. The Kier molecular flexibility index (Phi) is 11.7. The minimum atomic E-state index is -4.55. The molecule has 35 heavy (non-hydrogen) atoms. The second kappa shape index (κ2) is 12.5. The van der Waals surface area contributed by atoms with Crippen molar-refractivity contribution in [2.75, 3.05) is 0 Å². The molecule has 210 valence electrons. The zero-order chi connectivity index (χ0) is 25.9. The first-order chi connectivity index (χ1) is 15.9. The molecule has 0 amide bonds. The monoisotopic (exact) mass is 506 g/mol. The van der Waals surface area contributed by atoms with Crippen molar-refractivity contribution in [3.8, 4) is 0 Å². The molecule has 0 aromatic heterocycles. The molecule has 0 heterocycles. The molecule has 0 spiro atoms. The van der Waals surface area contributed by atoms with Crippen molar-refractivity contribution in [1.82, 2.24) is 0 Å². The lowest BCUT2D eigenvalue weighted by molar-refractivity contribution is -0.255. The van der Waals surface area contributed by atoms with E-state index >= 15 is 0 Å². The van der Waals surface area contributed by atoms with Crippen molar-refractivity contribution in [3.05, 3.63) is 0 Å². The fourth-order valence-corrected chi connectivity index (χ4v) is 8.65. The highest BCUT2D eigenvalue weighted by Gasteiger charge is 2.60. The summed E-state index contributed by atoms with van der Waals surface area (Å²) < 4.78 is 39.0. The van der Waals surface area contributed by atoms with E-state index in [0.717, 1.165) is 50.9 Å². The lowest BCUT2D eigenvalue weighted by Gasteiger charge is -2.61. The summed E-state index contributed by atoms with van der Waals surface area (Å²) in [4.78, 5) is 0. The molecular formula is C30H57F3O2. The Labute approximate surface area is 214 Å². The molecule has 4 fully saturated rings. The zero-order valence-corrected chi connectivity index (χ0v) is 23.0. The largest absolute Gasteiger partial charge is 0.416 e. The van der Waals surface area contributed by atoms with Gasteiger partial charge in [0.15, 0.2) is 5.60 Å². The first-order valence-electron chi connectivity index (χ1n) is 14.4. The molecule has 0 saturated heterocycles. The molecule has 0 aromatic rings. The van der Waals surface area contributed by atoms with Crippen molar-refractivity contribution in [2.45, 2.75) is 151 Å². The number of rotatable bonds is 4. The second-order valence-corrected chi connectivity index (χ2v) is 12.1. The lowest BCUT2D eigenvalue weighted by atomic mass is 9.44. The molecule has 0 bridgehead atoms. The summed E-state index contributed by atoms with van der Waals surface area (Å²) in [5.74, 6) is 3.36. The van der Waals surface area contributed by atoms with Crippen molar-refractivity contribution in [1.29, 1.82) is 0 Å². The average molecular weight is 507 g/mol. The fourth-order valence-electron chi connectivity index (χ4n) is 8.65. The Hall–Kier alpha value is -0.290. The Balaban J connectivity index is 0.00000117. The van der Waals surface area contributed by atoms with Crippen LogP contribution < -0.4 is 0 Å². The van der Waals surface area contributed by atoms with Crippen LogP contribution in [-0.4, -0.2) is 28.1 Å². The van der Waals surface area contributed by atoms with Crippen molar-refractivity contribution < 1.29 is 23.4 Å². The maximum Gasteiger partial charge on any atom is 0.416 e. The maximum atomic E-state index is 13.0. The van der Waals surface area contributed by atoms with E-state index in [0.29, 0.717) is 29.6 Å². The number of fused-ring (bicyclic) bond motifs is 5. The zero-order valence-electron chi connectivity index (χ0n) is 23.0. The Morgan fingerprint density at radius 2 is 1.40 bits per heavy atom. The Bertz CT molecular complexity index is 634. The van der Waals surface area contributed by atoms with Crippen LogP contribution in [0.2, 0.25) is 0 Å². The molecule has 2 nitrogen and oxygen atoms in total. The molecule has 4 rings (SSSR count). The number of hydrogen-bond donors (Lipinski definition) is 2. The SMILES string of the molecule is C.CC.CC.CC12CCC3C(CC[C@H]4CC(O)CCC34C)C1CCC2CCC[C@@](C)(O)C(F)(F)F. The third kappa shape index (κ3) is 6.24. The summed E-state index contributed by atoms with van der Waals surface area (Å²) in [7, 11) is 0. The summed E-state index contributed by atoms with van der Waals surface area (Å²) in [6, 6.07) is 0. The highest BCUT2D eigenvalue weighted by Crippen LogP contribution is 2.68. The van der Waals surface area contributed by atoms with Gasteiger partial charge in [0.2, 0.25) is 0 Å². The van der Waals surface area contributed by atoms with Gasteiger partial charge in [0.25, 0.3) is 0 Å². The van der Waals surface area contributed by atoms with Crippen molar-refractivity contribution >= 4 is 0 Å². The van der Waals surface area contributed by atoms with Crippen LogP contribution in [0.1, 0.15) is 133 Å². The molecule has 4 aliphatic carbocycles. The Morgan fingerprint density at radius 1 is 0.829 bits per heavy atom. The highest BCUT2D eigenvalue weighted by molar-refractivity contribution is 5.09. The number of aliphatic hydroxyl groups excluding tert-OH is 1. The quantitative estimate of drug-likeness (QED) is 0.399. The molecular weight excluding hydrogens is 449 g/mol. The average Bonchev–Trinajstić information content (AvgIpc) is 3.12. The van der Waals surface area contributed by atoms with E-state index in [9.17, 15) is 23.4 Å². The van der Waals surface area contributed by atoms with Gasteiger partial charge in [-0.05, 0) is 124 Å². The molecule has 9 atom stereocenters. The summed E-state index contributed by atoms with van der Waals surface area (Å²) >= 11 is 0. The van der Waals surface area contributed by atoms with Crippen LogP contribution in [0.3, 0.4) is 0 Å². The van der Waals surface area contributed by atoms with Gasteiger partial charge < -0.3 is 10.2 Å². The van der Waals surface area contributed by atoms with E-state index in [1.807, 2.05) is 27.7 Å². The van der Waals surface area contributed by atoms with Gasteiger partial charge in [-0.25, -0.2) is 0 Å². The molecule has 0 aliphatic heterocycles. The minimum Gasteiger partial charge on any atom is -0.393 e. The van der Waals surface area contributed by atoms with Gasteiger partial charge in [-0.2, -0.15) is 13.2 Å². The first kappa shape index (κ1) is 32.7. The molecule has 2 N–H and O–H groups in total. The predicted octanol–water partition coefficient (Wildman–Crippen LogP) is 9.18. The minimum absolute atomic E-state index is 0. The van der Waals surface area contributed by atoms with E-state index in [1.165, 1.54) is 32.1 Å². The third-order valence-electron chi connectivity index (χ3n) is 10.7. The van der Waals surface area contributed by atoms with E-state index in [1.54, 1.807) is 0 Å². The Morgan fingerprint density at radius 3 is 2.00 bits per heavy atom. The topological polar surface area (TPSA) is 40.5 Å². The maximum absolute atomic E-state index is 13.0. The molecule has 5 heteroatoms. The van der Waals surface area contributed by atoms with E-state index < -0.39 is 11.8 Å². The molecule has 4 saturated carbocycles. The van der Waals surface area contributed by atoms with Crippen LogP contribution in [0.4, 0.5) is 13.2 Å². The van der Waals surface area contributed by atoms with Gasteiger partial charge in [0.05, 0.1) is 6.10 Å². The standard InChI is InChI=1S/C25H41F3O2.2C2H6.CH4/c1-22-14-11-21-19(8-6-17-15-18(29)10-13-23(17,21)2)20(22)9-7-16(22)5-4-12-24(3,30)25(26,27)28;2*1-2;/h16-21,29-30H,4-15H2,1-3H3;2*1-2H3;1H4/t16?,17-,18?,19?,20?,21?,22?,23?,24+;;;/m0.../s1. The second-order valence-electron chi connectivity index (χ2n) is 12.1. The number of hydrogen-bond acceptors (Lipinski definition) is 2. The van der Waals surface area contributed by atoms with Gasteiger partial charge in [0, 0.05) is 0 Å². The van der Waals surface area contributed by atoms with Gasteiger partial charge >= 0.3 is 6.18 Å². The van der Waals surface area contributed by atoms with Crippen LogP contribution in [0.25, 0.3) is 0 Å². The summed E-state index contributed by atoms with van der Waals surface area (Å²) in [6.07, 6.45) is 6.79. The number of halogens is 3. The van der Waals surface area contributed by atoms with Gasteiger partial charge in [0.1, 0.15) is 0 Å². The van der Waals surface area contributed by atoms with Crippen LogP contribution >= 0.6 is 0 Å². The van der Waals surface area contributed by atoms with Crippen LogP contribution in [0.15, 0.2) is 0 Å².